The van der Waals surface area contributed by atoms with Crippen LogP contribution in [0.15, 0.2) is 17.5 Å². The summed E-state index contributed by atoms with van der Waals surface area (Å²) in [4.78, 5) is 1.19. The Morgan fingerprint density at radius 1 is 1.42 bits per heavy atom. The Hall–Kier alpha value is -0.470. The van der Waals surface area contributed by atoms with Gasteiger partial charge in [0, 0.05) is 24.5 Å². The highest BCUT2D eigenvalue weighted by Gasteiger charge is 2.30. The molecule has 108 valence electrons. The lowest BCUT2D eigenvalue weighted by Crippen LogP contribution is -2.52. The van der Waals surface area contributed by atoms with Crippen LogP contribution >= 0.6 is 11.3 Å². The molecule has 0 saturated carbocycles. The number of thiophene rings is 1. The van der Waals surface area contributed by atoms with Gasteiger partial charge in [-0.2, -0.15) is 12.7 Å². The van der Waals surface area contributed by atoms with Crippen LogP contribution in [0, 0.1) is 0 Å². The summed E-state index contributed by atoms with van der Waals surface area (Å²) in [5, 5.41) is 2.00. The van der Waals surface area contributed by atoms with E-state index >= 15 is 0 Å². The molecule has 0 unspecified atom stereocenters. The quantitative estimate of drug-likeness (QED) is 0.890. The first-order valence-electron chi connectivity index (χ1n) is 6.40. The molecule has 1 N–H and O–H groups in total. The van der Waals surface area contributed by atoms with Gasteiger partial charge in [-0.05, 0) is 31.7 Å². The predicted molar refractivity (Wildman–Crippen MR) is 76.5 cm³/mol. The third-order valence-electron chi connectivity index (χ3n) is 2.96. The number of ether oxygens (including phenoxy) is 1. The maximum atomic E-state index is 12.2. The number of rotatable bonds is 5. The van der Waals surface area contributed by atoms with E-state index in [1.165, 1.54) is 9.18 Å². The van der Waals surface area contributed by atoms with Gasteiger partial charge in [-0.1, -0.05) is 6.07 Å². The van der Waals surface area contributed by atoms with Crippen molar-refractivity contribution < 1.29 is 13.2 Å². The Morgan fingerprint density at radius 3 is 2.68 bits per heavy atom. The second kappa shape index (κ2) is 6.32. The van der Waals surface area contributed by atoms with Crippen molar-refractivity contribution >= 4 is 21.5 Å². The topological polar surface area (TPSA) is 58.6 Å². The zero-order valence-electron chi connectivity index (χ0n) is 11.2. The first kappa shape index (κ1) is 14.9. The van der Waals surface area contributed by atoms with Crippen molar-refractivity contribution in [3.63, 3.8) is 0 Å². The van der Waals surface area contributed by atoms with E-state index < -0.39 is 10.2 Å². The molecule has 7 heteroatoms. The van der Waals surface area contributed by atoms with E-state index in [0.29, 0.717) is 19.6 Å². The zero-order valence-corrected chi connectivity index (χ0v) is 12.8. The van der Waals surface area contributed by atoms with Crippen molar-refractivity contribution in [2.45, 2.75) is 32.5 Å². The largest absolute Gasteiger partial charge is 0.373 e. The van der Waals surface area contributed by atoms with Gasteiger partial charge in [-0.15, -0.1) is 11.3 Å². The summed E-state index contributed by atoms with van der Waals surface area (Å²) in [6.45, 7) is 5.05. The monoisotopic (exact) mass is 304 g/mol. The minimum Gasteiger partial charge on any atom is -0.373 e. The number of hydrogen-bond donors (Lipinski definition) is 1. The summed E-state index contributed by atoms with van der Waals surface area (Å²) < 4.78 is 34.0. The highest BCUT2D eigenvalue weighted by Crippen LogP contribution is 2.14. The van der Waals surface area contributed by atoms with Crippen LogP contribution in [0.3, 0.4) is 0 Å². The minimum atomic E-state index is -3.39. The molecule has 0 aromatic carbocycles. The zero-order chi connectivity index (χ0) is 13.9. The molecule has 0 amide bonds. The van der Waals surface area contributed by atoms with Gasteiger partial charge in [-0.3, -0.25) is 0 Å². The first-order chi connectivity index (χ1) is 8.97. The van der Waals surface area contributed by atoms with Crippen LogP contribution in [-0.2, 0) is 21.4 Å². The molecule has 0 bridgehead atoms. The van der Waals surface area contributed by atoms with Gasteiger partial charge >= 0.3 is 0 Å². The Labute approximate surface area is 118 Å². The molecule has 0 spiro atoms. The summed E-state index contributed by atoms with van der Waals surface area (Å²) in [6, 6.07) is 3.98. The van der Waals surface area contributed by atoms with E-state index in [1.54, 1.807) is 11.3 Å². The van der Waals surface area contributed by atoms with Crippen molar-refractivity contribution in [2.24, 2.45) is 0 Å². The molecule has 2 rings (SSSR count). The second-order valence-electron chi connectivity index (χ2n) is 4.80. The fourth-order valence-corrected chi connectivity index (χ4v) is 4.24. The maximum absolute atomic E-state index is 12.2. The van der Waals surface area contributed by atoms with Crippen LogP contribution in [0.5, 0.6) is 0 Å². The van der Waals surface area contributed by atoms with Crippen LogP contribution in [0.25, 0.3) is 0 Å². The lowest BCUT2D eigenvalue weighted by molar-refractivity contribution is -0.0443. The molecule has 0 radical (unpaired) electrons. The molecule has 1 fully saturated rings. The molecule has 1 saturated heterocycles. The smallest absolute Gasteiger partial charge is 0.279 e. The van der Waals surface area contributed by atoms with Crippen LogP contribution in [0.2, 0.25) is 0 Å². The highest BCUT2D eigenvalue weighted by molar-refractivity contribution is 7.87. The molecule has 2 atom stereocenters. The summed E-state index contributed by atoms with van der Waals surface area (Å²) >= 11 is 1.64. The van der Waals surface area contributed by atoms with Crippen molar-refractivity contribution in [1.29, 1.82) is 0 Å². The van der Waals surface area contributed by atoms with E-state index in [-0.39, 0.29) is 12.2 Å². The van der Waals surface area contributed by atoms with Crippen molar-refractivity contribution in [3.8, 4) is 0 Å². The van der Waals surface area contributed by atoms with Crippen molar-refractivity contribution in [2.75, 3.05) is 19.6 Å². The Morgan fingerprint density at radius 2 is 2.11 bits per heavy atom. The summed E-state index contributed by atoms with van der Waals surface area (Å²) in [7, 11) is -3.39. The molecule has 1 aliphatic rings. The van der Waals surface area contributed by atoms with Gasteiger partial charge in [0.25, 0.3) is 10.2 Å². The van der Waals surface area contributed by atoms with Gasteiger partial charge in [0.2, 0.25) is 0 Å². The van der Waals surface area contributed by atoms with E-state index in [1.807, 2.05) is 31.4 Å². The van der Waals surface area contributed by atoms with Crippen LogP contribution in [0.4, 0.5) is 0 Å². The number of nitrogens with zero attached hydrogens (tertiary/aromatic N) is 1. The first-order valence-corrected chi connectivity index (χ1v) is 8.72. The molecule has 0 aliphatic carbocycles. The van der Waals surface area contributed by atoms with E-state index in [0.717, 1.165) is 6.42 Å². The number of nitrogens with one attached hydrogen (secondary N) is 1. The molecule has 1 aromatic heterocycles. The van der Waals surface area contributed by atoms with Crippen LogP contribution in [0.1, 0.15) is 18.7 Å². The molecule has 1 aromatic rings. The number of hydrogen-bond acceptors (Lipinski definition) is 4. The summed E-state index contributed by atoms with van der Waals surface area (Å²) in [5.74, 6) is 0. The normalized spacial score (nSPS) is 25.6. The highest BCUT2D eigenvalue weighted by atomic mass is 32.2. The van der Waals surface area contributed by atoms with Gasteiger partial charge in [0.1, 0.15) is 0 Å². The maximum Gasteiger partial charge on any atom is 0.279 e. The summed E-state index contributed by atoms with van der Waals surface area (Å²) in [6.07, 6.45) is 0.613. The fourth-order valence-electron chi connectivity index (χ4n) is 2.18. The van der Waals surface area contributed by atoms with E-state index in [4.69, 9.17) is 4.74 Å². The van der Waals surface area contributed by atoms with Crippen LogP contribution in [-0.4, -0.2) is 44.6 Å². The van der Waals surface area contributed by atoms with Crippen molar-refractivity contribution in [3.05, 3.63) is 22.4 Å². The molecular weight excluding hydrogens is 284 g/mol. The molecule has 5 nitrogen and oxygen atoms in total. The Balaban J connectivity index is 1.87. The van der Waals surface area contributed by atoms with Gasteiger partial charge in [-0.25, -0.2) is 4.72 Å². The second-order valence-corrected chi connectivity index (χ2v) is 7.59. The lowest BCUT2D eigenvalue weighted by atomic mass is 10.3. The van der Waals surface area contributed by atoms with Gasteiger partial charge in [0.15, 0.2) is 0 Å². The van der Waals surface area contributed by atoms with Gasteiger partial charge in [0.05, 0.1) is 12.2 Å². The predicted octanol–water partition coefficient (Wildman–Crippen LogP) is 1.23. The van der Waals surface area contributed by atoms with Gasteiger partial charge < -0.3 is 4.74 Å². The molecular formula is C12H20N2O3S2. The molecule has 19 heavy (non-hydrogen) atoms. The average molecular weight is 304 g/mol. The van der Waals surface area contributed by atoms with E-state index in [9.17, 15) is 8.42 Å². The van der Waals surface area contributed by atoms with Crippen LogP contribution < -0.4 is 4.72 Å². The average Bonchev–Trinajstić information content (AvgIpc) is 2.80. The Bertz CT molecular complexity index is 477. The number of morpholine rings is 1. The Kier molecular flexibility index (Phi) is 4.97. The van der Waals surface area contributed by atoms with E-state index in [2.05, 4.69) is 4.72 Å². The minimum absolute atomic E-state index is 0.0578. The SMILES string of the molecule is C[C@@H]1CN(S(=O)(=O)NCCc2cccs2)C[C@H](C)O1. The lowest BCUT2D eigenvalue weighted by Gasteiger charge is -2.34. The third kappa shape index (κ3) is 4.25. The third-order valence-corrected chi connectivity index (χ3v) is 5.45. The standard InChI is InChI=1S/C12H20N2O3S2/c1-10-8-14(9-11(2)17-10)19(15,16)13-6-5-12-4-3-7-18-12/h3-4,7,10-11,13H,5-6,8-9H2,1-2H3/t10-,11+. The molecule has 1 aliphatic heterocycles. The van der Waals surface area contributed by atoms with Crippen molar-refractivity contribution in [1.82, 2.24) is 9.03 Å². The molecule has 2 heterocycles. The fraction of sp³-hybridized carbons (Fsp3) is 0.667. The summed E-state index contributed by atoms with van der Waals surface area (Å²) in [5.41, 5.74) is 0.